The number of fused-ring (bicyclic) bond motifs is 1. The van der Waals surface area contributed by atoms with Gasteiger partial charge in [-0.2, -0.15) is 0 Å². The summed E-state index contributed by atoms with van der Waals surface area (Å²) < 4.78 is 0. The second-order valence-electron chi connectivity index (χ2n) is 8.51. The number of benzene rings is 2. The van der Waals surface area contributed by atoms with Crippen molar-refractivity contribution in [2.75, 3.05) is 18.4 Å². The molecule has 162 valence electrons. The van der Waals surface area contributed by atoms with Gasteiger partial charge in [0.1, 0.15) is 5.82 Å². The van der Waals surface area contributed by atoms with Crippen LogP contribution < -0.4 is 5.32 Å². The minimum Gasteiger partial charge on any atom is -0.338 e. The van der Waals surface area contributed by atoms with E-state index in [2.05, 4.69) is 31.2 Å². The van der Waals surface area contributed by atoms with E-state index in [4.69, 9.17) is 0 Å². The molecule has 0 unspecified atom stereocenters. The number of aryl methyl sites for hydroxylation is 1. The van der Waals surface area contributed by atoms with Gasteiger partial charge in [-0.1, -0.05) is 18.2 Å². The number of carbonyl (C=O) groups is 1. The number of anilines is 1. The number of nitrogens with one attached hydrogen (secondary N) is 2. The van der Waals surface area contributed by atoms with Crippen LogP contribution in [0.3, 0.4) is 0 Å². The number of carbonyl (C=O) groups excluding carboxylic acids is 1. The van der Waals surface area contributed by atoms with Gasteiger partial charge in [0.25, 0.3) is 0 Å². The molecule has 4 aromatic rings. The largest absolute Gasteiger partial charge is 0.338 e. The third-order valence-corrected chi connectivity index (χ3v) is 6.02. The number of amides is 1. The molecule has 0 aliphatic carbocycles. The summed E-state index contributed by atoms with van der Waals surface area (Å²) in [5, 5.41) is 3.10. The second kappa shape index (κ2) is 8.93. The lowest BCUT2D eigenvalue weighted by atomic mass is 9.96. The summed E-state index contributed by atoms with van der Waals surface area (Å²) in [5.41, 5.74) is 5.86. The number of nitrogens with zero attached hydrogens (tertiary/aromatic N) is 3. The zero-order valence-electron chi connectivity index (χ0n) is 18.2. The molecule has 1 aliphatic rings. The summed E-state index contributed by atoms with van der Waals surface area (Å²) in [4.78, 5) is 27.8. The molecule has 0 radical (unpaired) electrons. The molecule has 1 atom stereocenters. The third-order valence-electron chi connectivity index (χ3n) is 6.02. The fraction of sp³-hybridized carbons (Fsp3) is 0.269. The molecule has 6 nitrogen and oxygen atoms in total. The lowest BCUT2D eigenvalue weighted by Gasteiger charge is -2.31. The maximum absolute atomic E-state index is 12.9. The number of hydrogen-bond donors (Lipinski definition) is 2. The summed E-state index contributed by atoms with van der Waals surface area (Å²) in [5.74, 6) is 0.906. The van der Waals surface area contributed by atoms with Gasteiger partial charge >= 0.3 is 0 Å². The first-order valence-corrected chi connectivity index (χ1v) is 11.1. The molecule has 0 spiro atoms. The first-order chi connectivity index (χ1) is 15.6. The zero-order chi connectivity index (χ0) is 21.9. The van der Waals surface area contributed by atoms with Crippen LogP contribution in [0.5, 0.6) is 0 Å². The Morgan fingerprint density at radius 3 is 2.72 bits per heavy atom. The van der Waals surface area contributed by atoms with Crippen molar-refractivity contribution in [1.29, 1.82) is 0 Å². The monoisotopic (exact) mass is 425 g/mol. The first kappa shape index (κ1) is 20.4. The Labute approximate surface area is 187 Å². The molecule has 6 heteroatoms. The minimum absolute atomic E-state index is 0.0105. The molecular formula is C26H27N5O. The van der Waals surface area contributed by atoms with Crippen molar-refractivity contribution in [3.63, 3.8) is 0 Å². The van der Waals surface area contributed by atoms with E-state index in [1.54, 1.807) is 0 Å². The third kappa shape index (κ3) is 4.55. The number of imidazole rings is 1. The highest BCUT2D eigenvalue weighted by molar-refractivity contribution is 5.93. The minimum atomic E-state index is -0.0105. The maximum atomic E-state index is 12.9. The van der Waals surface area contributed by atoms with Crippen LogP contribution in [-0.4, -0.2) is 38.8 Å². The van der Waals surface area contributed by atoms with Gasteiger partial charge < -0.3 is 10.3 Å². The number of para-hydroxylation sites is 2. The second-order valence-corrected chi connectivity index (χ2v) is 8.51. The van der Waals surface area contributed by atoms with Gasteiger partial charge in [0.2, 0.25) is 5.91 Å². The van der Waals surface area contributed by atoms with Crippen LogP contribution in [-0.2, 0) is 11.3 Å². The fourth-order valence-corrected chi connectivity index (χ4v) is 4.38. The highest BCUT2D eigenvalue weighted by Gasteiger charge is 2.26. The van der Waals surface area contributed by atoms with E-state index >= 15 is 0 Å². The highest BCUT2D eigenvalue weighted by atomic mass is 16.1. The average Bonchev–Trinajstić information content (AvgIpc) is 3.24. The number of likely N-dealkylation sites (tertiary alicyclic amines) is 1. The molecule has 0 bridgehead atoms. The molecule has 32 heavy (non-hydrogen) atoms. The lowest BCUT2D eigenvalue weighted by Crippen LogP contribution is -2.40. The van der Waals surface area contributed by atoms with Crippen LogP contribution in [0.2, 0.25) is 0 Å². The molecule has 1 saturated heterocycles. The molecule has 1 fully saturated rings. The van der Waals surface area contributed by atoms with Crippen molar-refractivity contribution >= 4 is 22.6 Å². The van der Waals surface area contributed by atoms with Crippen molar-refractivity contribution in [2.24, 2.45) is 5.92 Å². The number of rotatable bonds is 5. The molecule has 5 rings (SSSR count). The molecule has 2 aromatic heterocycles. The number of H-pyrrole nitrogens is 1. The van der Waals surface area contributed by atoms with Gasteiger partial charge in [0, 0.05) is 30.0 Å². The van der Waals surface area contributed by atoms with Crippen molar-refractivity contribution in [2.45, 2.75) is 26.3 Å². The molecule has 3 heterocycles. The van der Waals surface area contributed by atoms with E-state index < -0.39 is 0 Å². The molecule has 1 amide bonds. The predicted octanol–water partition coefficient (Wildman–Crippen LogP) is 4.78. The number of aromatic amines is 1. The number of aromatic nitrogens is 3. The summed E-state index contributed by atoms with van der Waals surface area (Å²) in [7, 11) is 0. The van der Waals surface area contributed by atoms with Gasteiger partial charge in [-0.15, -0.1) is 0 Å². The Bertz CT molecular complexity index is 1200. The van der Waals surface area contributed by atoms with Crippen molar-refractivity contribution < 1.29 is 4.79 Å². The fourth-order valence-electron chi connectivity index (χ4n) is 4.38. The lowest BCUT2D eigenvalue weighted by molar-refractivity contribution is -0.121. The van der Waals surface area contributed by atoms with Crippen LogP contribution in [0, 0.1) is 12.8 Å². The quantitative estimate of drug-likeness (QED) is 0.482. The average molecular weight is 426 g/mol. The summed E-state index contributed by atoms with van der Waals surface area (Å²) in [6.45, 7) is 4.57. The zero-order valence-corrected chi connectivity index (χ0v) is 18.2. The Morgan fingerprint density at radius 2 is 1.91 bits per heavy atom. The molecular weight excluding hydrogens is 398 g/mol. The van der Waals surface area contributed by atoms with E-state index in [0.29, 0.717) is 0 Å². The van der Waals surface area contributed by atoms with Crippen LogP contribution in [0.25, 0.3) is 22.4 Å². The highest BCUT2D eigenvalue weighted by Crippen LogP contribution is 2.24. The van der Waals surface area contributed by atoms with Gasteiger partial charge in [0.05, 0.1) is 22.6 Å². The van der Waals surface area contributed by atoms with Gasteiger partial charge in [-0.05, 0) is 74.8 Å². The number of pyridine rings is 1. The van der Waals surface area contributed by atoms with Crippen molar-refractivity contribution in [3.05, 3.63) is 78.1 Å². The van der Waals surface area contributed by atoms with E-state index in [9.17, 15) is 4.79 Å². The Balaban J connectivity index is 1.21. The topological polar surface area (TPSA) is 73.9 Å². The molecule has 2 aromatic carbocycles. The van der Waals surface area contributed by atoms with Gasteiger partial charge in [-0.3, -0.25) is 14.7 Å². The van der Waals surface area contributed by atoms with Crippen LogP contribution in [0.1, 0.15) is 24.2 Å². The molecule has 2 N–H and O–H groups in total. The smallest absolute Gasteiger partial charge is 0.228 e. The standard InChI is InChI=1S/C26H27N5O/c1-18-6-4-8-22(27-18)17-31-15-5-7-20(16-31)26(32)28-21-13-11-19(12-14-21)25-29-23-9-2-3-10-24(23)30-25/h2-4,6,8-14,20H,5,7,15-17H2,1H3,(H,28,32)(H,29,30)/t20-/m1/s1. The van der Waals surface area contributed by atoms with E-state index in [1.807, 2.05) is 67.6 Å². The van der Waals surface area contributed by atoms with Gasteiger partial charge in [-0.25, -0.2) is 4.98 Å². The Hall–Kier alpha value is -3.51. The first-order valence-electron chi connectivity index (χ1n) is 11.1. The molecule has 1 aliphatic heterocycles. The summed E-state index contributed by atoms with van der Waals surface area (Å²) >= 11 is 0. The Kier molecular flexibility index (Phi) is 5.69. The predicted molar refractivity (Wildman–Crippen MR) is 127 cm³/mol. The van der Waals surface area contributed by atoms with E-state index in [-0.39, 0.29) is 11.8 Å². The van der Waals surface area contributed by atoms with Crippen LogP contribution >= 0.6 is 0 Å². The van der Waals surface area contributed by atoms with Crippen molar-refractivity contribution in [1.82, 2.24) is 19.9 Å². The SMILES string of the molecule is Cc1cccc(CN2CCC[C@@H](C(=O)Nc3ccc(-c4nc5ccccc5[nH]4)cc3)C2)n1. The van der Waals surface area contributed by atoms with Crippen LogP contribution in [0.4, 0.5) is 5.69 Å². The maximum Gasteiger partial charge on any atom is 0.228 e. The number of piperidine rings is 1. The van der Waals surface area contributed by atoms with Gasteiger partial charge in [0.15, 0.2) is 0 Å². The number of hydrogen-bond acceptors (Lipinski definition) is 4. The van der Waals surface area contributed by atoms with E-state index in [1.165, 1.54) is 0 Å². The van der Waals surface area contributed by atoms with Crippen LogP contribution in [0.15, 0.2) is 66.7 Å². The Morgan fingerprint density at radius 1 is 1.06 bits per heavy atom. The summed E-state index contributed by atoms with van der Waals surface area (Å²) in [6.07, 6.45) is 1.94. The van der Waals surface area contributed by atoms with Crippen molar-refractivity contribution in [3.8, 4) is 11.4 Å². The molecule has 0 saturated carbocycles. The van der Waals surface area contributed by atoms with E-state index in [0.717, 1.165) is 72.0 Å². The summed E-state index contributed by atoms with van der Waals surface area (Å²) in [6, 6.07) is 22.0. The normalized spacial score (nSPS) is 16.8.